The molecule has 1 saturated heterocycles. The van der Waals surface area contributed by atoms with Gasteiger partial charge in [-0.1, -0.05) is 46.9 Å². The minimum Gasteiger partial charge on any atom is -0.507 e. The summed E-state index contributed by atoms with van der Waals surface area (Å²) in [4.78, 5) is 39.3. The van der Waals surface area contributed by atoms with Crippen LogP contribution in [0, 0.1) is 0 Å². The molecule has 38 heavy (non-hydrogen) atoms. The fourth-order valence-corrected chi connectivity index (χ4v) is 6.19. The molecule has 6 N–H and O–H groups in total. The Labute approximate surface area is 229 Å². The number of phenolic OH excluding ortho intramolecular Hbond substituents is 2. The Morgan fingerprint density at radius 3 is 2.24 bits per heavy atom. The number of halogens is 1. The molecule has 7 atom stereocenters. The molecule has 2 aromatic carbocycles. The summed E-state index contributed by atoms with van der Waals surface area (Å²) in [7, 11) is 0. The number of ketones is 3. The Balaban J connectivity index is 1.68. The average Bonchev–Trinajstić information content (AvgIpc) is 2.90. The van der Waals surface area contributed by atoms with Gasteiger partial charge in [-0.3, -0.25) is 14.4 Å². The number of Topliss-reactive ketones (excluding diaryl/α,β-unsaturated/α-hetero) is 1. The van der Waals surface area contributed by atoms with Gasteiger partial charge in [0.2, 0.25) is 0 Å². The highest BCUT2D eigenvalue weighted by molar-refractivity contribution is 14.1. The Morgan fingerprint density at radius 1 is 1.08 bits per heavy atom. The molecule has 0 radical (unpaired) electrons. The largest absolute Gasteiger partial charge is 0.507 e. The van der Waals surface area contributed by atoms with Crippen LogP contribution in [0.4, 0.5) is 0 Å². The Kier molecular flexibility index (Phi) is 6.87. The van der Waals surface area contributed by atoms with Gasteiger partial charge in [-0.2, -0.15) is 0 Å². The summed E-state index contributed by atoms with van der Waals surface area (Å²) in [5.41, 5.74) is -3.42. The lowest BCUT2D eigenvalue weighted by Crippen LogP contribution is -2.55. The van der Waals surface area contributed by atoms with Crippen LogP contribution in [0.25, 0.3) is 0 Å². The minimum atomic E-state index is -2.26. The number of phenols is 2. The molecule has 11 nitrogen and oxygen atoms in total. The zero-order chi connectivity index (χ0) is 27.7. The van der Waals surface area contributed by atoms with E-state index in [1.165, 1.54) is 19.1 Å². The van der Waals surface area contributed by atoms with E-state index in [4.69, 9.17) is 9.47 Å². The van der Waals surface area contributed by atoms with Gasteiger partial charge < -0.3 is 40.1 Å². The second-order valence-electron chi connectivity index (χ2n) is 9.80. The van der Waals surface area contributed by atoms with Crippen LogP contribution in [0.5, 0.6) is 11.5 Å². The number of hydrogen-bond donors (Lipinski definition) is 6. The SMILES string of the molecule is CC1OC(OC2CC(O)(C(=O)CO)Cc3c(O)c4c(c(O)c32)C(=O)c2ccccc2C4=O)C(I)C(O)C1O. The summed E-state index contributed by atoms with van der Waals surface area (Å²) in [6.45, 7) is 0.479. The number of rotatable bonds is 4. The van der Waals surface area contributed by atoms with E-state index in [0.29, 0.717) is 0 Å². The number of aromatic hydroxyl groups is 2. The van der Waals surface area contributed by atoms with Gasteiger partial charge in [0.05, 0.1) is 33.4 Å². The zero-order valence-electron chi connectivity index (χ0n) is 20.0. The Morgan fingerprint density at radius 2 is 1.66 bits per heavy atom. The maximum Gasteiger partial charge on any atom is 0.198 e. The number of aliphatic hydroxyl groups is 4. The second-order valence-corrected chi connectivity index (χ2v) is 11.2. The van der Waals surface area contributed by atoms with E-state index in [1.54, 1.807) is 12.1 Å². The third-order valence-corrected chi connectivity index (χ3v) is 8.83. The first-order valence-electron chi connectivity index (χ1n) is 11.9. The predicted octanol–water partition coefficient (Wildman–Crippen LogP) is 0.440. The van der Waals surface area contributed by atoms with Crippen LogP contribution in [0.15, 0.2) is 24.3 Å². The van der Waals surface area contributed by atoms with Gasteiger partial charge in [-0.25, -0.2) is 0 Å². The van der Waals surface area contributed by atoms with Crippen molar-refractivity contribution in [2.45, 2.75) is 60.0 Å². The quantitative estimate of drug-likeness (QED) is 0.132. The molecular formula is C26H25IO11. The molecule has 1 aliphatic heterocycles. The van der Waals surface area contributed by atoms with Crippen molar-refractivity contribution in [3.8, 4) is 11.5 Å². The van der Waals surface area contributed by atoms with Gasteiger partial charge in [0.25, 0.3) is 0 Å². The van der Waals surface area contributed by atoms with Gasteiger partial charge in [-0.05, 0) is 6.92 Å². The van der Waals surface area contributed by atoms with E-state index >= 15 is 0 Å². The molecule has 0 spiro atoms. The molecular weight excluding hydrogens is 615 g/mol. The van der Waals surface area contributed by atoms with Crippen LogP contribution in [0.2, 0.25) is 0 Å². The van der Waals surface area contributed by atoms with Gasteiger partial charge >= 0.3 is 0 Å². The first kappa shape index (κ1) is 27.1. The monoisotopic (exact) mass is 640 g/mol. The molecule has 1 fully saturated rings. The molecule has 0 amide bonds. The van der Waals surface area contributed by atoms with Gasteiger partial charge in [0, 0.05) is 35.1 Å². The average molecular weight is 640 g/mol. The topological polar surface area (TPSA) is 191 Å². The van der Waals surface area contributed by atoms with Crippen molar-refractivity contribution in [3.63, 3.8) is 0 Å². The molecule has 0 bridgehead atoms. The van der Waals surface area contributed by atoms with Crippen molar-refractivity contribution in [1.29, 1.82) is 0 Å². The first-order valence-corrected chi connectivity index (χ1v) is 13.1. The highest BCUT2D eigenvalue weighted by atomic mass is 127. The molecule has 2 aromatic rings. The first-order chi connectivity index (χ1) is 17.9. The maximum atomic E-state index is 13.4. The smallest absolute Gasteiger partial charge is 0.198 e. The number of carbonyl (C=O) groups excluding carboxylic acids is 3. The molecule has 2 aliphatic carbocycles. The third-order valence-electron chi connectivity index (χ3n) is 7.50. The number of hydrogen-bond acceptors (Lipinski definition) is 11. The van der Waals surface area contributed by atoms with E-state index in [-0.39, 0.29) is 22.3 Å². The van der Waals surface area contributed by atoms with Crippen LogP contribution < -0.4 is 0 Å². The lowest BCUT2D eigenvalue weighted by atomic mass is 9.72. The van der Waals surface area contributed by atoms with Crippen molar-refractivity contribution in [2.75, 3.05) is 6.61 Å². The number of fused-ring (bicyclic) bond motifs is 3. The molecule has 7 unspecified atom stereocenters. The van der Waals surface area contributed by atoms with Gasteiger partial charge in [0.1, 0.15) is 29.8 Å². The van der Waals surface area contributed by atoms with Crippen molar-refractivity contribution >= 4 is 39.9 Å². The molecule has 0 aromatic heterocycles. The number of benzene rings is 2. The Hall–Kier alpha value is -2.46. The predicted molar refractivity (Wildman–Crippen MR) is 136 cm³/mol. The number of aliphatic hydroxyl groups excluding tert-OH is 3. The molecule has 0 saturated carbocycles. The van der Waals surface area contributed by atoms with Crippen molar-refractivity contribution < 1.29 is 54.5 Å². The van der Waals surface area contributed by atoms with E-state index in [9.17, 15) is 45.0 Å². The summed E-state index contributed by atoms with van der Waals surface area (Å²) in [6.07, 6.45) is -6.99. The highest BCUT2D eigenvalue weighted by Crippen LogP contribution is 2.52. The van der Waals surface area contributed by atoms with Crippen LogP contribution in [-0.2, 0) is 20.7 Å². The van der Waals surface area contributed by atoms with E-state index < -0.39 is 99.7 Å². The van der Waals surface area contributed by atoms with Crippen LogP contribution in [0.3, 0.4) is 0 Å². The summed E-state index contributed by atoms with van der Waals surface area (Å²) >= 11 is 1.81. The molecule has 12 heteroatoms. The normalized spacial score (nSPS) is 32.4. The van der Waals surface area contributed by atoms with Crippen LogP contribution in [-0.4, -0.2) is 88.7 Å². The summed E-state index contributed by atoms with van der Waals surface area (Å²) in [6, 6.07) is 5.93. The lowest BCUT2D eigenvalue weighted by Gasteiger charge is -2.43. The number of carbonyl (C=O) groups is 3. The number of alkyl halides is 1. The van der Waals surface area contributed by atoms with E-state index in [1.807, 2.05) is 22.6 Å². The molecule has 202 valence electrons. The standard InChI is InChI=1S/C26H25IO11/c1-9-19(30)24(35)18(27)25(37-9)38-13-7-26(36,14(29)8-28)6-12-15(13)23(34)17-16(22(12)33)20(31)10-4-2-3-5-11(10)21(17)32/h2-5,9,13,18-19,24-25,28,30,33-36H,6-8H2,1H3. The van der Waals surface area contributed by atoms with E-state index in [2.05, 4.69) is 0 Å². The fraction of sp³-hybridized carbons (Fsp3) is 0.423. The van der Waals surface area contributed by atoms with Gasteiger partial charge in [0.15, 0.2) is 23.6 Å². The summed E-state index contributed by atoms with van der Waals surface area (Å²) in [5, 5.41) is 64.0. The van der Waals surface area contributed by atoms with Gasteiger partial charge in [-0.15, -0.1) is 0 Å². The zero-order valence-corrected chi connectivity index (χ0v) is 22.2. The van der Waals surface area contributed by atoms with Crippen LogP contribution >= 0.6 is 22.6 Å². The summed E-state index contributed by atoms with van der Waals surface area (Å²) in [5.74, 6) is -3.76. The Bertz CT molecular complexity index is 1360. The van der Waals surface area contributed by atoms with E-state index in [0.717, 1.165) is 0 Å². The lowest BCUT2D eigenvalue weighted by molar-refractivity contribution is -0.259. The molecule has 3 aliphatic rings. The summed E-state index contributed by atoms with van der Waals surface area (Å²) < 4.78 is 10.9. The minimum absolute atomic E-state index is 0.0230. The second kappa shape index (κ2) is 9.62. The van der Waals surface area contributed by atoms with Crippen molar-refractivity contribution in [3.05, 3.63) is 57.6 Å². The maximum absolute atomic E-state index is 13.4. The molecule has 1 heterocycles. The fourth-order valence-electron chi connectivity index (χ4n) is 5.42. The third kappa shape index (κ3) is 3.97. The van der Waals surface area contributed by atoms with Crippen molar-refractivity contribution in [2.24, 2.45) is 0 Å². The van der Waals surface area contributed by atoms with Crippen molar-refractivity contribution in [1.82, 2.24) is 0 Å². The van der Waals surface area contributed by atoms with Crippen LogP contribution in [0.1, 0.15) is 62.4 Å². The highest BCUT2D eigenvalue weighted by Gasteiger charge is 2.51. The number of ether oxygens (including phenoxy) is 2. The molecule has 5 rings (SSSR count).